The Balaban J connectivity index is 2.69. The van der Waals surface area contributed by atoms with Gasteiger partial charge < -0.3 is 5.32 Å². The van der Waals surface area contributed by atoms with E-state index in [1.165, 1.54) is 11.3 Å². The van der Waals surface area contributed by atoms with Gasteiger partial charge in [-0.3, -0.25) is 0 Å². The minimum Gasteiger partial charge on any atom is -0.388 e. The monoisotopic (exact) mass is 135 g/mol. The molecule has 1 nitrogen and oxygen atoms in total. The maximum absolute atomic E-state index is 3.11. The quantitative estimate of drug-likeness (QED) is 0.580. The van der Waals surface area contributed by atoms with E-state index in [1.807, 2.05) is 7.05 Å². The molecule has 0 unspecified atom stereocenters. The molecule has 0 saturated carbocycles. The molecule has 10 heavy (non-hydrogen) atoms. The number of hydrogen-bond donors (Lipinski definition) is 1. The molecule has 1 aliphatic carbocycles. The molecule has 0 aliphatic heterocycles. The number of likely N-dealkylation sites (N-methyl/N-ethyl adjacent to an activating group) is 1. The molecule has 1 rings (SSSR count). The van der Waals surface area contributed by atoms with Crippen molar-refractivity contribution in [2.24, 2.45) is 0 Å². The van der Waals surface area contributed by atoms with Crippen LogP contribution in [0.2, 0.25) is 0 Å². The molecule has 0 bridgehead atoms. The van der Waals surface area contributed by atoms with Gasteiger partial charge in [-0.15, -0.1) is 0 Å². The average molecular weight is 135 g/mol. The van der Waals surface area contributed by atoms with Crippen molar-refractivity contribution in [3.8, 4) is 0 Å². The molecule has 0 spiro atoms. The van der Waals surface area contributed by atoms with E-state index in [-0.39, 0.29) is 0 Å². The van der Waals surface area contributed by atoms with Crippen LogP contribution in [0.5, 0.6) is 0 Å². The van der Waals surface area contributed by atoms with Crippen LogP contribution in [-0.4, -0.2) is 7.05 Å². The zero-order valence-corrected chi connectivity index (χ0v) is 6.52. The predicted octanol–water partition coefficient (Wildman–Crippen LogP) is 2.00. The molecule has 1 N–H and O–H groups in total. The van der Waals surface area contributed by atoms with Gasteiger partial charge in [-0.2, -0.15) is 0 Å². The minimum atomic E-state index is 1.04. The van der Waals surface area contributed by atoms with E-state index in [4.69, 9.17) is 0 Å². The Bertz CT molecular complexity index is 197. The molecule has 0 aromatic rings. The van der Waals surface area contributed by atoms with Gasteiger partial charge in [0.25, 0.3) is 0 Å². The van der Waals surface area contributed by atoms with Crippen molar-refractivity contribution in [1.82, 2.24) is 5.32 Å². The van der Waals surface area contributed by atoms with Gasteiger partial charge in [0.05, 0.1) is 0 Å². The Labute approximate surface area is 62.1 Å². The SMILES string of the molecule is CNC1=CCC=C(C)C=C1. The first-order valence-electron chi connectivity index (χ1n) is 3.55. The Morgan fingerprint density at radius 1 is 1.30 bits per heavy atom. The lowest BCUT2D eigenvalue weighted by atomic mass is 10.2. The van der Waals surface area contributed by atoms with Gasteiger partial charge in [0.15, 0.2) is 0 Å². The third-order valence-electron chi connectivity index (χ3n) is 1.59. The molecular formula is C9H13N. The van der Waals surface area contributed by atoms with E-state index in [0.717, 1.165) is 6.42 Å². The van der Waals surface area contributed by atoms with E-state index >= 15 is 0 Å². The highest BCUT2D eigenvalue weighted by Crippen LogP contribution is 2.06. The Kier molecular flexibility index (Phi) is 2.32. The van der Waals surface area contributed by atoms with Crippen LogP contribution >= 0.6 is 0 Å². The maximum Gasteiger partial charge on any atom is 0.0300 e. The number of rotatable bonds is 1. The first kappa shape index (κ1) is 7.13. The molecule has 0 fully saturated rings. The normalized spacial score (nSPS) is 17.4. The first-order chi connectivity index (χ1) is 4.83. The second-order valence-corrected chi connectivity index (χ2v) is 2.43. The second kappa shape index (κ2) is 3.25. The highest BCUT2D eigenvalue weighted by atomic mass is 14.8. The van der Waals surface area contributed by atoms with Crippen molar-refractivity contribution >= 4 is 0 Å². The second-order valence-electron chi connectivity index (χ2n) is 2.43. The summed E-state index contributed by atoms with van der Waals surface area (Å²) in [5.74, 6) is 0. The van der Waals surface area contributed by atoms with Crippen LogP contribution < -0.4 is 5.32 Å². The highest BCUT2D eigenvalue weighted by Gasteiger charge is 1.90. The average Bonchev–Trinajstić information content (AvgIpc) is 2.14. The fraction of sp³-hybridized carbons (Fsp3) is 0.333. The van der Waals surface area contributed by atoms with Crippen LogP contribution in [0, 0.1) is 0 Å². The van der Waals surface area contributed by atoms with Crippen LogP contribution in [0.3, 0.4) is 0 Å². The Morgan fingerprint density at radius 3 is 2.80 bits per heavy atom. The zero-order valence-electron chi connectivity index (χ0n) is 6.52. The molecule has 1 aliphatic rings. The van der Waals surface area contributed by atoms with Crippen molar-refractivity contribution in [2.45, 2.75) is 13.3 Å². The van der Waals surface area contributed by atoms with E-state index in [9.17, 15) is 0 Å². The van der Waals surface area contributed by atoms with Crippen LogP contribution in [0.1, 0.15) is 13.3 Å². The molecular weight excluding hydrogens is 122 g/mol. The van der Waals surface area contributed by atoms with Crippen LogP contribution in [0.4, 0.5) is 0 Å². The molecule has 0 saturated heterocycles. The Morgan fingerprint density at radius 2 is 2.10 bits per heavy atom. The van der Waals surface area contributed by atoms with Gasteiger partial charge in [-0.1, -0.05) is 23.8 Å². The fourth-order valence-corrected chi connectivity index (χ4v) is 0.914. The zero-order chi connectivity index (χ0) is 7.40. The summed E-state index contributed by atoms with van der Waals surface area (Å²) in [5.41, 5.74) is 2.54. The highest BCUT2D eigenvalue weighted by molar-refractivity contribution is 5.29. The third kappa shape index (κ3) is 1.76. The van der Waals surface area contributed by atoms with Crippen LogP contribution in [-0.2, 0) is 0 Å². The number of hydrogen-bond acceptors (Lipinski definition) is 1. The van der Waals surface area contributed by atoms with Crippen molar-refractivity contribution in [3.63, 3.8) is 0 Å². The molecule has 1 heteroatoms. The molecule has 0 aromatic carbocycles. The number of nitrogens with one attached hydrogen (secondary N) is 1. The maximum atomic E-state index is 3.11. The lowest BCUT2D eigenvalue weighted by molar-refractivity contribution is 1.02. The molecule has 0 atom stereocenters. The molecule has 0 heterocycles. The topological polar surface area (TPSA) is 12.0 Å². The standard InChI is InChI=1S/C9H13N/c1-8-4-3-5-9(10-2)7-6-8/h4-7,10H,3H2,1-2H3. The van der Waals surface area contributed by atoms with E-state index in [1.54, 1.807) is 0 Å². The summed E-state index contributed by atoms with van der Waals surface area (Å²) in [7, 11) is 1.94. The van der Waals surface area contributed by atoms with Gasteiger partial charge in [-0.25, -0.2) is 0 Å². The summed E-state index contributed by atoms with van der Waals surface area (Å²) in [5, 5.41) is 3.11. The molecule has 0 amide bonds. The summed E-state index contributed by atoms with van der Waals surface area (Å²) >= 11 is 0. The number of allylic oxidation sites excluding steroid dienone is 5. The molecule has 0 radical (unpaired) electrons. The summed E-state index contributed by atoms with van der Waals surface area (Å²) in [6.45, 7) is 2.11. The summed E-state index contributed by atoms with van der Waals surface area (Å²) in [6.07, 6.45) is 9.64. The van der Waals surface area contributed by atoms with Gasteiger partial charge >= 0.3 is 0 Å². The van der Waals surface area contributed by atoms with Crippen molar-refractivity contribution in [3.05, 3.63) is 35.6 Å². The summed E-state index contributed by atoms with van der Waals surface area (Å²) < 4.78 is 0. The molecule has 54 valence electrons. The summed E-state index contributed by atoms with van der Waals surface area (Å²) in [4.78, 5) is 0. The fourth-order valence-electron chi connectivity index (χ4n) is 0.914. The van der Waals surface area contributed by atoms with Crippen molar-refractivity contribution in [1.29, 1.82) is 0 Å². The van der Waals surface area contributed by atoms with Gasteiger partial charge in [0, 0.05) is 12.7 Å². The van der Waals surface area contributed by atoms with Crippen molar-refractivity contribution in [2.75, 3.05) is 7.05 Å². The molecule has 0 aromatic heterocycles. The Hall–Kier alpha value is -0.980. The van der Waals surface area contributed by atoms with Crippen LogP contribution in [0.15, 0.2) is 35.6 Å². The van der Waals surface area contributed by atoms with Gasteiger partial charge in [0.2, 0.25) is 0 Å². The summed E-state index contributed by atoms with van der Waals surface area (Å²) in [6, 6.07) is 0. The predicted molar refractivity (Wildman–Crippen MR) is 44.7 cm³/mol. The van der Waals surface area contributed by atoms with Gasteiger partial charge in [-0.05, 0) is 19.4 Å². The minimum absolute atomic E-state index is 1.04. The van der Waals surface area contributed by atoms with Crippen molar-refractivity contribution < 1.29 is 0 Å². The first-order valence-corrected chi connectivity index (χ1v) is 3.55. The van der Waals surface area contributed by atoms with E-state index < -0.39 is 0 Å². The lowest BCUT2D eigenvalue weighted by Crippen LogP contribution is -2.01. The van der Waals surface area contributed by atoms with E-state index in [2.05, 4.69) is 36.5 Å². The van der Waals surface area contributed by atoms with Gasteiger partial charge in [0.1, 0.15) is 0 Å². The smallest absolute Gasteiger partial charge is 0.0300 e. The largest absolute Gasteiger partial charge is 0.388 e. The van der Waals surface area contributed by atoms with E-state index in [0.29, 0.717) is 0 Å². The third-order valence-corrected chi connectivity index (χ3v) is 1.59. The lowest BCUT2D eigenvalue weighted by Gasteiger charge is -1.95. The van der Waals surface area contributed by atoms with Crippen LogP contribution in [0.25, 0.3) is 0 Å².